The molecule has 0 N–H and O–H groups in total. The Morgan fingerprint density at radius 2 is 1.93 bits per heavy atom. The summed E-state index contributed by atoms with van der Waals surface area (Å²) in [7, 11) is -2.99. The third-order valence-electron chi connectivity index (χ3n) is 6.25. The molecule has 0 aromatic carbocycles. The highest BCUT2D eigenvalue weighted by Crippen LogP contribution is 2.29. The summed E-state index contributed by atoms with van der Waals surface area (Å²) in [6.45, 7) is 3.98. The Kier molecular flexibility index (Phi) is 6.22. The Bertz CT molecular complexity index is 762. The van der Waals surface area contributed by atoms with Crippen LogP contribution in [0.25, 0.3) is 0 Å². The average molecular weight is 427 g/mol. The highest BCUT2D eigenvalue weighted by Gasteiger charge is 2.39. The normalized spacial score (nSPS) is 26.4. The number of rotatable bonds is 5. The molecule has 0 bridgehead atoms. The largest absolute Gasteiger partial charge is 0.347 e. The third-order valence-corrected chi connectivity index (χ3v) is 8.83. The molecule has 2 aliphatic heterocycles. The standard InChI is InChI=1S/C19H30N4O3S2/c24-18(14-21-8-3-9-22(11-10-21)19-20-7-12-27-19)23(16-4-1-2-5-16)17-6-13-28(25,26)15-17/h7,12,16-17H,1-6,8-11,13-15H2. The van der Waals surface area contributed by atoms with E-state index in [1.165, 1.54) is 0 Å². The van der Waals surface area contributed by atoms with Gasteiger partial charge in [-0.2, -0.15) is 0 Å². The maximum absolute atomic E-state index is 13.3. The van der Waals surface area contributed by atoms with Gasteiger partial charge < -0.3 is 9.80 Å². The van der Waals surface area contributed by atoms with Crippen LogP contribution in [0.1, 0.15) is 38.5 Å². The Labute approximate surface area is 171 Å². The lowest BCUT2D eigenvalue weighted by Gasteiger charge is -2.35. The van der Waals surface area contributed by atoms with Gasteiger partial charge in [-0.3, -0.25) is 9.69 Å². The highest BCUT2D eigenvalue weighted by molar-refractivity contribution is 7.91. The predicted octanol–water partition coefficient (Wildman–Crippen LogP) is 1.61. The smallest absolute Gasteiger partial charge is 0.237 e. The summed E-state index contributed by atoms with van der Waals surface area (Å²) >= 11 is 1.66. The van der Waals surface area contributed by atoms with Crippen LogP contribution in [-0.2, 0) is 14.6 Å². The van der Waals surface area contributed by atoms with E-state index in [4.69, 9.17) is 0 Å². The lowest BCUT2D eigenvalue weighted by Crippen LogP contribution is -2.51. The van der Waals surface area contributed by atoms with E-state index in [2.05, 4.69) is 14.8 Å². The fraction of sp³-hybridized carbons (Fsp3) is 0.789. The van der Waals surface area contributed by atoms with E-state index in [1.807, 2.05) is 16.5 Å². The number of thiazole rings is 1. The number of hydrogen-bond acceptors (Lipinski definition) is 7. The Balaban J connectivity index is 1.39. The van der Waals surface area contributed by atoms with Crippen molar-refractivity contribution in [1.82, 2.24) is 14.8 Å². The monoisotopic (exact) mass is 426 g/mol. The van der Waals surface area contributed by atoms with E-state index >= 15 is 0 Å². The van der Waals surface area contributed by atoms with Crippen LogP contribution < -0.4 is 4.90 Å². The van der Waals surface area contributed by atoms with E-state index < -0.39 is 9.84 Å². The molecule has 1 unspecified atom stereocenters. The molecule has 3 fully saturated rings. The van der Waals surface area contributed by atoms with Crippen LogP contribution in [0, 0.1) is 0 Å². The van der Waals surface area contributed by atoms with E-state index in [1.54, 1.807) is 11.3 Å². The molecule has 7 nitrogen and oxygen atoms in total. The van der Waals surface area contributed by atoms with Crippen LogP contribution in [0.2, 0.25) is 0 Å². The zero-order valence-electron chi connectivity index (χ0n) is 16.3. The lowest BCUT2D eigenvalue weighted by atomic mass is 10.1. The molecule has 1 saturated carbocycles. The van der Waals surface area contributed by atoms with Crippen molar-refractivity contribution in [3.63, 3.8) is 0 Å². The van der Waals surface area contributed by atoms with E-state index in [-0.39, 0.29) is 29.5 Å². The molecule has 3 aliphatic rings. The molecule has 4 rings (SSSR count). The molecule has 1 aliphatic carbocycles. The van der Waals surface area contributed by atoms with Crippen LogP contribution in [0.3, 0.4) is 0 Å². The second kappa shape index (κ2) is 8.67. The summed E-state index contributed by atoms with van der Waals surface area (Å²) in [5, 5.41) is 3.05. The maximum atomic E-state index is 13.3. The van der Waals surface area contributed by atoms with Gasteiger partial charge in [-0.1, -0.05) is 12.8 Å². The average Bonchev–Trinajstić information content (AvgIpc) is 3.39. The number of aromatic nitrogens is 1. The molecule has 28 heavy (non-hydrogen) atoms. The van der Waals surface area contributed by atoms with Crippen molar-refractivity contribution in [3.05, 3.63) is 11.6 Å². The van der Waals surface area contributed by atoms with E-state index in [9.17, 15) is 13.2 Å². The number of sulfone groups is 1. The van der Waals surface area contributed by atoms with E-state index in [0.29, 0.717) is 13.0 Å². The van der Waals surface area contributed by atoms with Gasteiger partial charge in [-0.05, 0) is 25.7 Å². The maximum Gasteiger partial charge on any atom is 0.237 e. The van der Waals surface area contributed by atoms with Crippen LogP contribution in [-0.4, -0.2) is 85.4 Å². The summed E-state index contributed by atoms with van der Waals surface area (Å²) < 4.78 is 24.0. The van der Waals surface area contributed by atoms with Gasteiger partial charge in [-0.25, -0.2) is 13.4 Å². The number of carbonyl (C=O) groups is 1. The minimum absolute atomic E-state index is 0.122. The molecule has 9 heteroatoms. The first-order chi connectivity index (χ1) is 13.5. The Morgan fingerprint density at radius 3 is 2.61 bits per heavy atom. The number of anilines is 1. The van der Waals surface area contributed by atoms with Crippen LogP contribution in [0.5, 0.6) is 0 Å². The van der Waals surface area contributed by atoms with Crippen molar-refractivity contribution in [2.45, 2.75) is 50.6 Å². The topological polar surface area (TPSA) is 73.8 Å². The molecule has 1 aromatic heterocycles. The zero-order valence-corrected chi connectivity index (χ0v) is 18.0. The van der Waals surface area contributed by atoms with Gasteiger partial charge in [0.15, 0.2) is 15.0 Å². The molecular formula is C19H30N4O3S2. The van der Waals surface area contributed by atoms with Gasteiger partial charge >= 0.3 is 0 Å². The Morgan fingerprint density at radius 1 is 1.11 bits per heavy atom. The third kappa shape index (κ3) is 4.68. The summed E-state index contributed by atoms with van der Waals surface area (Å²) in [6.07, 6.45) is 7.75. The molecule has 0 radical (unpaired) electrons. The second-order valence-corrected chi connectivity index (χ2v) is 11.3. The molecule has 2 saturated heterocycles. The minimum Gasteiger partial charge on any atom is -0.347 e. The van der Waals surface area contributed by atoms with Gasteiger partial charge in [0, 0.05) is 49.8 Å². The van der Waals surface area contributed by atoms with Crippen molar-refractivity contribution in [1.29, 1.82) is 0 Å². The minimum atomic E-state index is -2.99. The van der Waals surface area contributed by atoms with Crippen molar-refractivity contribution >= 4 is 32.2 Å². The van der Waals surface area contributed by atoms with Gasteiger partial charge in [0.2, 0.25) is 5.91 Å². The van der Waals surface area contributed by atoms with Gasteiger partial charge in [0.25, 0.3) is 0 Å². The number of nitrogens with zero attached hydrogens (tertiary/aromatic N) is 4. The van der Waals surface area contributed by atoms with Crippen molar-refractivity contribution in [2.75, 3.05) is 49.1 Å². The number of hydrogen-bond donors (Lipinski definition) is 0. The molecule has 0 spiro atoms. The molecular weight excluding hydrogens is 396 g/mol. The number of carbonyl (C=O) groups excluding carboxylic acids is 1. The summed E-state index contributed by atoms with van der Waals surface area (Å²) in [4.78, 5) is 24.2. The van der Waals surface area contributed by atoms with E-state index in [0.717, 1.165) is 63.4 Å². The van der Waals surface area contributed by atoms with Crippen LogP contribution in [0.15, 0.2) is 11.6 Å². The molecule has 1 aromatic rings. The first kappa shape index (κ1) is 20.1. The molecule has 1 amide bonds. The van der Waals surface area contributed by atoms with Crippen LogP contribution >= 0.6 is 11.3 Å². The highest BCUT2D eigenvalue weighted by atomic mass is 32.2. The van der Waals surface area contributed by atoms with Crippen LogP contribution in [0.4, 0.5) is 5.13 Å². The van der Waals surface area contributed by atoms with Gasteiger partial charge in [0.05, 0.1) is 18.1 Å². The summed E-state index contributed by atoms with van der Waals surface area (Å²) in [6, 6.07) is 0.101. The quantitative estimate of drug-likeness (QED) is 0.712. The summed E-state index contributed by atoms with van der Waals surface area (Å²) in [5.41, 5.74) is 0. The van der Waals surface area contributed by atoms with Crippen molar-refractivity contribution < 1.29 is 13.2 Å². The second-order valence-electron chi connectivity index (χ2n) is 8.23. The lowest BCUT2D eigenvalue weighted by molar-refractivity contribution is -0.136. The molecule has 1 atom stereocenters. The van der Waals surface area contributed by atoms with Crippen molar-refractivity contribution in [2.24, 2.45) is 0 Å². The summed E-state index contributed by atoms with van der Waals surface area (Å²) in [5.74, 6) is 0.491. The van der Waals surface area contributed by atoms with Gasteiger partial charge in [0.1, 0.15) is 0 Å². The Hall–Kier alpha value is -1.19. The molecule has 3 heterocycles. The first-order valence-corrected chi connectivity index (χ1v) is 13.1. The van der Waals surface area contributed by atoms with Crippen molar-refractivity contribution in [3.8, 4) is 0 Å². The molecule has 156 valence electrons. The zero-order chi connectivity index (χ0) is 19.6. The first-order valence-electron chi connectivity index (χ1n) is 10.4. The fourth-order valence-electron chi connectivity index (χ4n) is 4.85. The van der Waals surface area contributed by atoms with Gasteiger partial charge in [-0.15, -0.1) is 11.3 Å². The fourth-order valence-corrected chi connectivity index (χ4v) is 7.26. The predicted molar refractivity (Wildman–Crippen MR) is 112 cm³/mol. The number of amides is 1. The SMILES string of the molecule is O=C(CN1CCCN(c2nccs2)CC1)N(C1CCCC1)C1CCS(=O)(=O)C1.